The molecule has 180 valence electrons. The van der Waals surface area contributed by atoms with Gasteiger partial charge in [-0.1, -0.05) is 53.5 Å². The maximum Gasteiger partial charge on any atom is 0.264 e. The van der Waals surface area contributed by atoms with E-state index in [1.807, 2.05) is 0 Å². The quantitative estimate of drug-likeness (QED) is 0.454. The van der Waals surface area contributed by atoms with E-state index in [1.165, 1.54) is 42.5 Å². The van der Waals surface area contributed by atoms with Crippen molar-refractivity contribution in [1.82, 2.24) is 5.32 Å². The van der Waals surface area contributed by atoms with Crippen LogP contribution in [0.5, 0.6) is 0 Å². The Hall–Kier alpha value is -2.59. The second kappa shape index (κ2) is 10.4. The number of sulfone groups is 1. The average molecular weight is 541 g/mol. The van der Waals surface area contributed by atoms with E-state index < -0.39 is 38.4 Å². The molecular formula is C23H22Cl2N2O5S2. The first-order chi connectivity index (χ1) is 15.9. The fourth-order valence-corrected chi connectivity index (χ4v) is 5.79. The average Bonchev–Trinajstić information content (AvgIpc) is 2.76. The second-order valence-corrected chi connectivity index (χ2v) is 12.3. The van der Waals surface area contributed by atoms with Crippen molar-refractivity contribution in [3.63, 3.8) is 0 Å². The van der Waals surface area contributed by atoms with Crippen LogP contribution in [0.3, 0.4) is 0 Å². The molecule has 0 spiro atoms. The number of hydrogen-bond donors (Lipinski definition) is 1. The highest BCUT2D eigenvalue weighted by molar-refractivity contribution is 7.93. The van der Waals surface area contributed by atoms with Crippen LogP contribution in [0.15, 0.2) is 82.6 Å². The number of amides is 1. The summed E-state index contributed by atoms with van der Waals surface area (Å²) < 4.78 is 51.0. The van der Waals surface area contributed by atoms with Gasteiger partial charge in [-0.15, -0.1) is 0 Å². The number of nitrogens with one attached hydrogen (secondary N) is 1. The van der Waals surface area contributed by atoms with E-state index in [2.05, 4.69) is 5.32 Å². The van der Waals surface area contributed by atoms with E-state index in [9.17, 15) is 21.6 Å². The molecule has 3 rings (SSSR count). The lowest BCUT2D eigenvalue weighted by molar-refractivity contribution is -0.120. The standard InChI is InChI=1S/C23H22Cl2N2O5S2/c1-16(17-8-10-21(11-9-17)33(2,29)30)26-23(28)15-27(20-13-18(24)12-19(25)14-20)34(31,32)22-6-4-3-5-7-22/h3-14,16H,15H2,1-2H3,(H,26,28)/t16-/m1/s1. The van der Waals surface area contributed by atoms with Crippen molar-refractivity contribution in [2.24, 2.45) is 0 Å². The Bertz CT molecular complexity index is 1370. The van der Waals surface area contributed by atoms with E-state index in [0.29, 0.717) is 5.56 Å². The topological polar surface area (TPSA) is 101 Å². The van der Waals surface area contributed by atoms with Crippen LogP contribution in [-0.2, 0) is 24.7 Å². The number of carbonyl (C=O) groups is 1. The Balaban J connectivity index is 1.88. The molecule has 0 unspecified atom stereocenters. The molecule has 0 aromatic heterocycles. The molecule has 0 saturated heterocycles. The zero-order valence-corrected chi connectivity index (χ0v) is 21.4. The number of anilines is 1. The molecule has 3 aromatic carbocycles. The maximum atomic E-state index is 13.4. The molecule has 11 heteroatoms. The van der Waals surface area contributed by atoms with Gasteiger partial charge in [-0.3, -0.25) is 9.10 Å². The third kappa shape index (κ3) is 6.29. The van der Waals surface area contributed by atoms with Crippen LogP contribution in [0.2, 0.25) is 10.0 Å². The number of sulfonamides is 1. The van der Waals surface area contributed by atoms with Gasteiger partial charge in [0, 0.05) is 16.3 Å². The fraction of sp³-hybridized carbons (Fsp3) is 0.174. The number of halogens is 2. The second-order valence-electron chi connectivity index (χ2n) is 7.58. The minimum atomic E-state index is -4.12. The van der Waals surface area contributed by atoms with Gasteiger partial charge >= 0.3 is 0 Å². The Kier molecular flexibility index (Phi) is 7.92. The van der Waals surface area contributed by atoms with Gasteiger partial charge in [-0.25, -0.2) is 16.8 Å². The smallest absolute Gasteiger partial charge is 0.264 e. The number of rotatable bonds is 8. The zero-order valence-electron chi connectivity index (χ0n) is 18.3. The molecule has 1 amide bonds. The minimum Gasteiger partial charge on any atom is -0.348 e. The van der Waals surface area contributed by atoms with Crippen molar-refractivity contribution in [3.8, 4) is 0 Å². The third-order valence-electron chi connectivity index (χ3n) is 4.94. The SMILES string of the molecule is C[C@@H](NC(=O)CN(c1cc(Cl)cc(Cl)c1)S(=O)(=O)c1ccccc1)c1ccc(S(C)(=O)=O)cc1. The molecule has 34 heavy (non-hydrogen) atoms. The number of nitrogens with zero attached hydrogens (tertiary/aromatic N) is 1. The zero-order chi connectivity index (χ0) is 25.1. The van der Waals surface area contributed by atoms with Crippen LogP contribution in [0.25, 0.3) is 0 Å². The lowest BCUT2D eigenvalue weighted by Gasteiger charge is -2.25. The first-order valence-electron chi connectivity index (χ1n) is 10.0. The molecule has 7 nitrogen and oxygen atoms in total. The monoisotopic (exact) mass is 540 g/mol. The molecule has 1 N–H and O–H groups in total. The molecular weight excluding hydrogens is 519 g/mol. The van der Waals surface area contributed by atoms with Gasteiger partial charge in [0.1, 0.15) is 6.54 Å². The van der Waals surface area contributed by atoms with Crippen LogP contribution >= 0.6 is 23.2 Å². The molecule has 3 aromatic rings. The van der Waals surface area contributed by atoms with Crippen LogP contribution in [0.4, 0.5) is 5.69 Å². The number of hydrogen-bond acceptors (Lipinski definition) is 5. The first kappa shape index (κ1) is 26.0. The summed E-state index contributed by atoms with van der Waals surface area (Å²) in [5.41, 5.74) is 0.797. The van der Waals surface area contributed by atoms with Crippen molar-refractivity contribution in [2.45, 2.75) is 22.8 Å². The maximum absolute atomic E-state index is 13.4. The van der Waals surface area contributed by atoms with E-state index in [-0.39, 0.29) is 25.5 Å². The van der Waals surface area contributed by atoms with E-state index in [1.54, 1.807) is 37.3 Å². The van der Waals surface area contributed by atoms with Crippen LogP contribution in [-0.4, -0.2) is 35.5 Å². The van der Waals surface area contributed by atoms with Crippen molar-refractivity contribution >= 4 is 54.7 Å². The minimum absolute atomic E-state index is 0.00306. The van der Waals surface area contributed by atoms with Crippen molar-refractivity contribution in [1.29, 1.82) is 0 Å². The van der Waals surface area contributed by atoms with Crippen LogP contribution < -0.4 is 9.62 Å². The summed E-state index contributed by atoms with van der Waals surface area (Å²) in [6, 6.07) is 17.6. The van der Waals surface area contributed by atoms with E-state index >= 15 is 0 Å². The molecule has 0 aliphatic heterocycles. The van der Waals surface area contributed by atoms with E-state index in [0.717, 1.165) is 10.6 Å². The van der Waals surface area contributed by atoms with Gasteiger partial charge in [0.05, 0.1) is 21.5 Å². The highest BCUT2D eigenvalue weighted by Gasteiger charge is 2.28. The van der Waals surface area contributed by atoms with Crippen molar-refractivity contribution in [3.05, 3.63) is 88.4 Å². The fourth-order valence-electron chi connectivity index (χ4n) is 3.22. The molecule has 0 aliphatic carbocycles. The number of benzene rings is 3. The lowest BCUT2D eigenvalue weighted by Crippen LogP contribution is -2.41. The summed E-state index contributed by atoms with van der Waals surface area (Å²) in [7, 11) is -7.46. The molecule has 0 saturated carbocycles. The van der Waals surface area contributed by atoms with Gasteiger partial charge in [0.25, 0.3) is 10.0 Å². The molecule has 0 fully saturated rings. The predicted molar refractivity (Wildman–Crippen MR) is 134 cm³/mol. The first-order valence-corrected chi connectivity index (χ1v) is 14.1. The highest BCUT2D eigenvalue weighted by atomic mass is 35.5. The Morgan fingerprint density at radius 3 is 1.97 bits per heavy atom. The molecule has 0 heterocycles. The summed E-state index contributed by atoms with van der Waals surface area (Å²) in [4.78, 5) is 13.1. The van der Waals surface area contributed by atoms with Gasteiger partial charge in [0.2, 0.25) is 5.91 Å². The van der Waals surface area contributed by atoms with Gasteiger partial charge < -0.3 is 5.32 Å². The highest BCUT2D eigenvalue weighted by Crippen LogP contribution is 2.29. The van der Waals surface area contributed by atoms with Crippen LogP contribution in [0, 0.1) is 0 Å². The van der Waals surface area contributed by atoms with E-state index in [4.69, 9.17) is 23.2 Å². The van der Waals surface area contributed by atoms with Gasteiger partial charge in [-0.05, 0) is 55.0 Å². The Morgan fingerprint density at radius 1 is 0.882 bits per heavy atom. The molecule has 0 aliphatic rings. The van der Waals surface area contributed by atoms with Crippen LogP contribution in [0.1, 0.15) is 18.5 Å². The van der Waals surface area contributed by atoms with Crippen molar-refractivity contribution in [2.75, 3.05) is 17.1 Å². The normalized spacial score (nSPS) is 12.7. The Labute approximate surface area is 209 Å². The largest absolute Gasteiger partial charge is 0.348 e. The molecule has 0 bridgehead atoms. The molecule has 0 radical (unpaired) electrons. The Morgan fingerprint density at radius 2 is 1.44 bits per heavy atom. The van der Waals surface area contributed by atoms with Gasteiger partial charge in [-0.2, -0.15) is 0 Å². The van der Waals surface area contributed by atoms with Gasteiger partial charge in [0.15, 0.2) is 9.84 Å². The predicted octanol–water partition coefficient (Wildman–Crippen LogP) is 4.47. The summed E-state index contributed by atoms with van der Waals surface area (Å²) in [5.74, 6) is -0.574. The summed E-state index contributed by atoms with van der Waals surface area (Å²) in [6.45, 7) is 1.18. The third-order valence-corrected chi connectivity index (χ3v) is 8.29. The number of carbonyl (C=O) groups excluding carboxylic acids is 1. The molecule has 1 atom stereocenters. The van der Waals surface area contributed by atoms with Crippen molar-refractivity contribution < 1.29 is 21.6 Å². The lowest BCUT2D eigenvalue weighted by atomic mass is 10.1. The summed E-state index contributed by atoms with van der Waals surface area (Å²) in [6.07, 6.45) is 1.11. The summed E-state index contributed by atoms with van der Waals surface area (Å²) >= 11 is 12.2. The summed E-state index contributed by atoms with van der Waals surface area (Å²) in [5, 5.41) is 3.18.